The molecule has 0 bridgehead atoms. The van der Waals surface area contributed by atoms with E-state index < -0.39 is 46.8 Å². The van der Waals surface area contributed by atoms with E-state index in [4.69, 9.17) is 4.74 Å². The Morgan fingerprint density at radius 3 is 2.43 bits per heavy atom. The summed E-state index contributed by atoms with van der Waals surface area (Å²) < 4.78 is 44.2. The summed E-state index contributed by atoms with van der Waals surface area (Å²) in [5.41, 5.74) is 0.702. The minimum Gasteiger partial charge on any atom is -0.395 e. The Hall–Kier alpha value is -1.14. The van der Waals surface area contributed by atoms with Gasteiger partial charge in [-0.05, 0) is 23.8 Å². The molecule has 164 valence electrons. The van der Waals surface area contributed by atoms with Gasteiger partial charge in [0.25, 0.3) is 0 Å². The first kappa shape index (κ1) is 22.1. The van der Waals surface area contributed by atoms with Crippen molar-refractivity contribution in [1.29, 1.82) is 0 Å². The molecule has 1 saturated heterocycles. The fraction of sp³-hybridized carbons (Fsp3) is 0.500. The second-order valence-electron chi connectivity index (χ2n) is 7.45. The van der Waals surface area contributed by atoms with Gasteiger partial charge < -0.3 is 25.2 Å². The highest BCUT2D eigenvalue weighted by atomic mass is 32.2. The van der Waals surface area contributed by atoms with Crippen LogP contribution in [0, 0.1) is 0 Å². The topological polar surface area (TPSA) is 90.2 Å². The van der Waals surface area contributed by atoms with Crippen molar-refractivity contribution in [1.82, 2.24) is 0 Å². The lowest BCUT2D eigenvalue weighted by Gasteiger charge is -2.49. The molecule has 1 aromatic carbocycles. The van der Waals surface area contributed by atoms with Gasteiger partial charge in [0.2, 0.25) is 0 Å². The molecule has 5 atom stereocenters. The number of halogens is 3. The van der Waals surface area contributed by atoms with Crippen molar-refractivity contribution in [3.8, 4) is 0 Å². The van der Waals surface area contributed by atoms with E-state index in [0.717, 1.165) is 39.2 Å². The van der Waals surface area contributed by atoms with Crippen LogP contribution in [0.25, 0.3) is 0 Å². The van der Waals surface area contributed by atoms with Crippen LogP contribution in [0.4, 0.5) is 13.2 Å². The maximum absolute atomic E-state index is 12.8. The van der Waals surface area contributed by atoms with Crippen molar-refractivity contribution < 1.29 is 38.3 Å². The Balaban J connectivity index is 1.63. The van der Waals surface area contributed by atoms with Crippen LogP contribution in [0.15, 0.2) is 30.3 Å². The van der Waals surface area contributed by atoms with Crippen molar-refractivity contribution in [2.24, 2.45) is 0 Å². The SMILES string of the molecule is OC[C@H]1SC2(OCCc3sc(Cc4ccc(C(F)(F)F)cc4)cc32)[C@H](O)[C@@H](O)[C@@H]1O. The van der Waals surface area contributed by atoms with Crippen LogP contribution >= 0.6 is 23.1 Å². The number of rotatable bonds is 3. The summed E-state index contributed by atoms with van der Waals surface area (Å²) >= 11 is 2.58. The molecule has 4 rings (SSSR count). The molecule has 0 amide bonds. The van der Waals surface area contributed by atoms with Crippen molar-refractivity contribution in [2.75, 3.05) is 13.2 Å². The molecule has 5 nitrogen and oxygen atoms in total. The molecule has 1 aromatic heterocycles. The van der Waals surface area contributed by atoms with Gasteiger partial charge in [-0.1, -0.05) is 12.1 Å². The molecule has 30 heavy (non-hydrogen) atoms. The van der Waals surface area contributed by atoms with Crippen molar-refractivity contribution in [3.05, 3.63) is 56.8 Å². The molecule has 0 aliphatic carbocycles. The molecule has 0 saturated carbocycles. The number of fused-ring (bicyclic) bond motifs is 2. The van der Waals surface area contributed by atoms with E-state index >= 15 is 0 Å². The average Bonchev–Trinajstić information content (AvgIpc) is 3.12. The van der Waals surface area contributed by atoms with Crippen molar-refractivity contribution in [3.63, 3.8) is 0 Å². The van der Waals surface area contributed by atoms with Crippen LogP contribution < -0.4 is 0 Å². The summed E-state index contributed by atoms with van der Waals surface area (Å²) in [7, 11) is 0. The highest BCUT2D eigenvalue weighted by molar-refractivity contribution is 8.00. The van der Waals surface area contributed by atoms with E-state index in [1.54, 1.807) is 0 Å². The zero-order chi connectivity index (χ0) is 21.7. The van der Waals surface area contributed by atoms with E-state index in [1.807, 2.05) is 6.07 Å². The highest BCUT2D eigenvalue weighted by Crippen LogP contribution is 2.53. The van der Waals surface area contributed by atoms with Gasteiger partial charge in [-0.2, -0.15) is 13.2 Å². The van der Waals surface area contributed by atoms with E-state index in [0.29, 0.717) is 25.0 Å². The summed E-state index contributed by atoms with van der Waals surface area (Å²) in [6.45, 7) is -0.0864. The second-order valence-corrected chi connectivity index (χ2v) is 10.1. The number of ether oxygens (including phenoxy) is 1. The minimum atomic E-state index is -4.38. The average molecular weight is 463 g/mol. The van der Waals surface area contributed by atoms with Crippen LogP contribution in [-0.4, -0.2) is 57.2 Å². The number of aliphatic hydroxyl groups is 4. The molecule has 1 spiro atoms. The third kappa shape index (κ3) is 3.79. The predicted molar refractivity (Wildman–Crippen MR) is 106 cm³/mol. The number of thiophene rings is 1. The van der Waals surface area contributed by atoms with Crippen LogP contribution in [0.1, 0.15) is 26.4 Å². The van der Waals surface area contributed by atoms with Gasteiger partial charge in [0.15, 0.2) is 4.93 Å². The predicted octanol–water partition coefficient (Wildman–Crippen LogP) is 2.27. The fourth-order valence-electron chi connectivity index (χ4n) is 3.92. The molecular formula is C20H21F3O5S2. The maximum Gasteiger partial charge on any atom is 0.416 e. The van der Waals surface area contributed by atoms with E-state index in [1.165, 1.54) is 23.5 Å². The molecule has 4 N–H and O–H groups in total. The lowest BCUT2D eigenvalue weighted by Crippen LogP contribution is -2.60. The third-order valence-corrected chi connectivity index (χ3v) is 8.35. The first-order valence-electron chi connectivity index (χ1n) is 9.40. The Morgan fingerprint density at radius 1 is 1.10 bits per heavy atom. The molecule has 3 heterocycles. The first-order chi connectivity index (χ1) is 14.2. The number of benzene rings is 1. The lowest BCUT2D eigenvalue weighted by molar-refractivity contribution is -0.155. The number of alkyl halides is 3. The maximum atomic E-state index is 12.8. The molecule has 2 aromatic rings. The van der Waals surface area contributed by atoms with Crippen LogP contribution in [-0.2, 0) is 28.7 Å². The zero-order valence-electron chi connectivity index (χ0n) is 15.7. The quantitative estimate of drug-likeness (QED) is 0.560. The number of hydrogen-bond acceptors (Lipinski definition) is 7. The standard InChI is InChI=1S/C20H21F3O5S2/c21-20(22,23)11-3-1-10(2-4-11)7-12-8-13-14(29-12)5-6-28-19(13)18(27)17(26)16(25)15(9-24)30-19/h1-4,8,15-18,24-27H,5-7,9H2/t15-,16-,17+,18-,19?/m1/s1. The first-order valence-corrected chi connectivity index (χ1v) is 11.1. The summed E-state index contributed by atoms with van der Waals surface area (Å²) in [5.74, 6) is 0. The molecule has 2 aliphatic rings. The number of thioether (sulfide) groups is 1. The Kier molecular flexibility index (Phi) is 5.95. The van der Waals surface area contributed by atoms with Gasteiger partial charge in [0.1, 0.15) is 12.2 Å². The van der Waals surface area contributed by atoms with Crippen molar-refractivity contribution >= 4 is 23.1 Å². The molecule has 0 radical (unpaired) electrons. The van der Waals surface area contributed by atoms with E-state index in [9.17, 15) is 33.6 Å². The Bertz CT molecular complexity index is 899. The monoisotopic (exact) mass is 462 g/mol. The summed E-state index contributed by atoms with van der Waals surface area (Å²) in [5, 5.41) is 40.1. The Labute approximate surface area is 179 Å². The van der Waals surface area contributed by atoms with E-state index in [-0.39, 0.29) is 0 Å². The van der Waals surface area contributed by atoms with E-state index in [2.05, 4.69) is 0 Å². The Morgan fingerprint density at radius 2 is 1.80 bits per heavy atom. The smallest absolute Gasteiger partial charge is 0.395 e. The second kappa shape index (κ2) is 8.09. The summed E-state index contributed by atoms with van der Waals surface area (Å²) in [6, 6.07) is 6.83. The van der Waals surface area contributed by atoms with Gasteiger partial charge >= 0.3 is 6.18 Å². The summed E-state index contributed by atoms with van der Waals surface area (Å²) in [6.07, 6.45) is -7.53. The van der Waals surface area contributed by atoms with Gasteiger partial charge in [-0.15, -0.1) is 23.1 Å². The van der Waals surface area contributed by atoms with Crippen LogP contribution in [0.5, 0.6) is 0 Å². The van der Waals surface area contributed by atoms with Crippen LogP contribution in [0.3, 0.4) is 0 Å². The van der Waals surface area contributed by atoms with Gasteiger partial charge in [0, 0.05) is 28.2 Å². The summed E-state index contributed by atoms with van der Waals surface area (Å²) in [4.78, 5) is 0.530. The number of hydrogen-bond donors (Lipinski definition) is 4. The highest BCUT2D eigenvalue weighted by Gasteiger charge is 2.57. The van der Waals surface area contributed by atoms with Gasteiger partial charge in [-0.3, -0.25) is 0 Å². The minimum absolute atomic E-state index is 0.304. The third-order valence-electron chi connectivity index (χ3n) is 5.49. The lowest BCUT2D eigenvalue weighted by atomic mass is 9.92. The fourth-order valence-corrected chi connectivity index (χ4v) is 6.79. The molecular weight excluding hydrogens is 441 g/mol. The largest absolute Gasteiger partial charge is 0.416 e. The zero-order valence-corrected chi connectivity index (χ0v) is 17.3. The molecule has 1 unspecified atom stereocenters. The molecule has 1 fully saturated rings. The van der Waals surface area contributed by atoms with Crippen LogP contribution in [0.2, 0.25) is 0 Å². The van der Waals surface area contributed by atoms with Crippen molar-refractivity contribution in [2.45, 2.75) is 47.5 Å². The molecule has 2 aliphatic heterocycles. The molecule has 10 heteroatoms. The van der Waals surface area contributed by atoms with Gasteiger partial charge in [-0.25, -0.2) is 0 Å². The normalized spacial score (nSPS) is 31.7. The number of aliphatic hydroxyl groups excluding tert-OH is 4. The van der Waals surface area contributed by atoms with Gasteiger partial charge in [0.05, 0.1) is 30.1 Å².